The highest BCUT2D eigenvalue weighted by Crippen LogP contribution is 2.42. The number of carbonyl (C=O) groups excluding carboxylic acids is 2. The van der Waals surface area contributed by atoms with Gasteiger partial charge in [0, 0.05) is 24.7 Å². The fourth-order valence-corrected chi connectivity index (χ4v) is 3.70. The van der Waals surface area contributed by atoms with E-state index in [0.717, 1.165) is 25.3 Å². The van der Waals surface area contributed by atoms with Crippen molar-refractivity contribution in [1.82, 2.24) is 0 Å². The van der Waals surface area contributed by atoms with E-state index < -0.39 is 12.1 Å². The molecule has 29 heavy (non-hydrogen) atoms. The van der Waals surface area contributed by atoms with Gasteiger partial charge in [0.15, 0.2) is 5.78 Å². The van der Waals surface area contributed by atoms with Crippen molar-refractivity contribution < 1.29 is 24.2 Å². The molecular formula is C22H25NO6. The number of rotatable bonds is 2. The zero-order valence-corrected chi connectivity index (χ0v) is 16.3. The van der Waals surface area contributed by atoms with Gasteiger partial charge >= 0.3 is 5.97 Å². The van der Waals surface area contributed by atoms with Crippen LogP contribution < -0.4 is 0 Å². The highest BCUT2D eigenvalue weighted by Gasteiger charge is 2.31. The van der Waals surface area contributed by atoms with Crippen molar-refractivity contribution in [2.24, 2.45) is 5.18 Å². The quantitative estimate of drug-likeness (QED) is 0.443. The third kappa shape index (κ3) is 5.17. The topological polar surface area (TPSA) is 102 Å². The maximum atomic E-state index is 12.8. The first-order chi connectivity index (χ1) is 14.1. The van der Waals surface area contributed by atoms with Gasteiger partial charge in [0.2, 0.25) is 0 Å². The van der Waals surface area contributed by atoms with Gasteiger partial charge in [-0.25, -0.2) is 4.79 Å². The molecule has 1 atom stereocenters. The smallest absolute Gasteiger partial charge is 0.340 e. The fourth-order valence-electron chi connectivity index (χ4n) is 3.70. The third-order valence-electron chi connectivity index (χ3n) is 5.08. The van der Waals surface area contributed by atoms with E-state index in [1.807, 2.05) is 12.2 Å². The Kier molecular flexibility index (Phi) is 7.30. The zero-order chi connectivity index (χ0) is 20.6. The minimum atomic E-state index is -0.728. The summed E-state index contributed by atoms with van der Waals surface area (Å²) < 4.78 is 11.1. The van der Waals surface area contributed by atoms with Crippen LogP contribution >= 0.6 is 0 Å². The maximum Gasteiger partial charge on any atom is 0.340 e. The second-order valence-corrected chi connectivity index (χ2v) is 7.15. The van der Waals surface area contributed by atoms with E-state index in [9.17, 15) is 19.6 Å². The predicted octanol–water partition coefficient (Wildman–Crippen LogP) is 4.60. The van der Waals surface area contributed by atoms with Crippen molar-refractivity contribution in [3.63, 3.8) is 0 Å². The monoisotopic (exact) mass is 399 g/mol. The lowest BCUT2D eigenvalue weighted by Crippen LogP contribution is -2.19. The van der Waals surface area contributed by atoms with Gasteiger partial charge in [0.1, 0.15) is 11.4 Å². The van der Waals surface area contributed by atoms with E-state index >= 15 is 0 Å². The molecule has 1 aromatic rings. The zero-order valence-electron chi connectivity index (χ0n) is 16.3. The van der Waals surface area contributed by atoms with E-state index in [2.05, 4.69) is 5.18 Å². The normalized spacial score (nSPS) is 23.4. The first-order valence-electron chi connectivity index (χ1n) is 9.97. The average Bonchev–Trinajstić information content (AvgIpc) is 2.72. The molecule has 0 amide bonds. The molecule has 0 bridgehead atoms. The molecule has 7 nitrogen and oxygen atoms in total. The lowest BCUT2D eigenvalue weighted by atomic mass is 9.88. The van der Waals surface area contributed by atoms with Crippen molar-refractivity contribution >= 4 is 17.4 Å². The van der Waals surface area contributed by atoms with Gasteiger partial charge in [0.05, 0.1) is 18.3 Å². The average molecular weight is 399 g/mol. The molecule has 0 aromatic heterocycles. The van der Waals surface area contributed by atoms with Crippen LogP contribution in [-0.2, 0) is 20.7 Å². The molecule has 0 radical (unpaired) electrons. The molecular weight excluding hydrogens is 374 g/mol. The first-order valence-corrected chi connectivity index (χ1v) is 9.97. The lowest BCUT2D eigenvalue weighted by Gasteiger charge is -2.27. The minimum Gasteiger partial charge on any atom is -0.507 e. The Morgan fingerprint density at radius 1 is 1.03 bits per heavy atom. The lowest BCUT2D eigenvalue weighted by molar-refractivity contribution is -0.114. The molecule has 7 heteroatoms. The number of hydrogen-bond acceptors (Lipinski definition) is 7. The summed E-state index contributed by atoms with van der Waals surface area (Å²) in [6.07, 6.45) is 11.0. The number of benzene rings is 1. The number of fused-ring (bicyclic) bond motifs is 1. The van der Waals surface area contributed by atoms with Gasteiger partial charge in [-0.3, -0.25) is 4.79 Å². The number of aromatic hydroxyl groups is 1. The summed E-state index contributed by atoms with van der Waals surface area (Å²) in [7, 11) is 0. The number of esters is 1. The Balaban J connectivity index is 2.12. The number of ketones is 1. The summed E-state index contributed by atoms with van der Waals surface area (Å²) in [6, 6.07) is 1.16. The molecule has 1 N–H and O–H groups in total. The number of nitroso groups, excluding NO2 is 1. The number of nitrogens with zero attached hydrogens (tertiary/aromatic N) is 1. The molecule has 154 valence electrons. The van der Waals surface area contributed by atoms with Crippen LogP contribution in [0.4, 0.5) is 5.69 Å². The van der Waals surface area contributed by atoms with Crippen molar-refractivity contribution in [3.05, 3.63) is 52.0 Å². The summed E-state index contributed by atoms with van der Waals surface area (Å²) in [4.78, 5) is 36.8. The molecule has 0 spiro atoms. The number of carbonyl (C=O) groups is 2. The van der Waals surface area contributed by atoms with Gasteiger partial charge < -0.3 is 14.6 Å². The van der Waals surface area contributed by atoms with Crippen LogP contribution in [0.25, 0.3) is 0 Å². The number of phenols is 1. The van der Waals surface area contributed by atoms with E-state index in [4.69, 9.17) is 9.47 Å². The van der Waals surface area contributed by atoms with Crippen molar-refractivity contribution in [1.29, 1.82) is 0 Å². The summed E-state index contributed by atoms with van der Waals surface area (Å²) in [6.45, 7) is 0.671. The fraction of sp³-hybridized carbons (Fsp3) is 0.455. The van der Waals surface area contributed by atoms with E-state index in [1.54, 1.807) is 6.08 Å². The van der Waals surface area contributed by atoms with E-state index in [-0.39, 0.29) is 41.4 Å². The molecule has 1 saturated heterocycles. The number of allylic oxidation sites excluding steroid dienone is 3. The molecule has 2 aliphatic rings. The molecule has 1 unspecified atom stereocenters. The molecule has 3 rings (SSSR count). The minimum absolute atomic E-state index is 0.0650. The number of cyclic esters (lactones) is 1. The van der Waals surface area contributed by atoms with Gasteiger partial charge in [-0.2, -0.15) is 0 Å². The SMILES string of the molecule is O=Nc1cc(O)c(C2CCCCO2)c2c1C(=O)OCC/C=C/CC/C=C/C(=O)C2. The molecule has 1 aromatic carbocycles. The number of phenolic OH excluding ortho intramolecular Hbond substituents is 1. The Labute approximate surface area is 169 Å². The molecule has 0 saturated carbocycles. The standard InChI is InChI=1S/C22H25NO6/c24-15-9-5-3-1-2-4-7-12-29-22(26)20-16(13-15)21(18(25)14-17(20)23-27)19-10-6-8-11-28-19/h2,4-5,9,14,19,25H,1,3,6-8,10-13H2/b4-2+,9-5+. The van der Waals surface area contributed by atoms with Crippen molar-refractivity contribution in [2.75, 3.05) is 13.2 Å². The van der Waals surface area contributed by atoms with Crippen LogP contribution in [0.3, 0.4) is 0 Å². The molecule has 2 aliphatic heterocycles. The summed E-state index contributed by atoms with van der Waals surface area (Å²) in [5.41, 5.74) is 0.336. The predicted molar refractivity (Wildman–Crippen MR) is 107 cm³/mol. The number of ether oxygens (including phenoxy) is 2. The Hall–Kier alpha value is -2.80. The maximum absolute atomic E-state index is 12.8. The summed E-state index contributed by atoms with van der Waals surface area (Å²) in [5, 5.41) is 13.5. The summed E-state index contributed by atoms with van der Waals surface area (Å²) >= 11 is 0. The second-order valence-electron chi connectivity index (χ2n) is 7.15. The van der Waals surface area contributed by atoms with Crippen LogP contribution in [0.5, 0.6) is 5.75 Å². The second kappa shape index (κ2) is 10.1. The molecule has 0 aliphatic carbocycles. The van der Waals surface area contributed by atoms with E-state index in [0.29, 0.717) is 31.4 Å². The Morgan fingerprint density at radius 3 is 2.59 bits per heavy atom. The summed E-state index contributed by atoms with van der Waals surface area (Å²) in [5.74, 6) is -1.16. The van der Waals surface area contributed by atoms with Crippen LogP contribution in [0.2, 0.25) is 0 Å². The van der Waals surface area contributed by atoms with Gasteiger partial charge in [-0.15, -0.1) is 4.91 Å². The number of hydrogen-bond donors (Lipinski definition) is 1. The van der Waals surface area contributed by atoms with Gasteiger partial charge in [0.25, 0.3) is 0 Å². The van der Waals surface area contributed by atoms with Crippen LogP contribution in [0.15, 0.2) is 35.5 Å². The highest BCUT2D eigenvalue weighted by atomic mass is 16.5. The Bertz CT molecular complexity index is 836. The first kappa shape index (κ1) is 20.9. The van der Waals surface area contributed by atoms with Gasteiger partial charge in [-0.1, -0.05) is 18.2 Å². The van der Waals surface area contributed by atoms with Crippen LogP contribution in [0, 0.1) is 4.91 Å². The molecule has 1 fully saturated rings. The van der Waals surface area contributed by atoms with Crippen molar-refractivity contribution in [3.8, 4) is 5.75 Å². The van der Waals surface area contributed by atoms with Crippen molar-refractivity contribution in [2.45, 2.75) is 51.0 Å². The van der Waals surface area contributed by atoms with Gasteiger partial charge in [-0.05, 0) is 55.3 Å². The van der Waals surface area contributed by atoms with E-state index in [1.165, 1.54) is 6.08 Å². The van der Waals surface area contributed by atoms with Crippen LogP contribution in [-0.4, -0.2) is 30.1 Å². The highest BCUT2D eigenvalue weighted by molar-refractivity contribution is 6.01. The third-order valence-corrected chi connectivity index (χ3v) is 5.08. The molecule has 2 heterocycles. The largest absolute Gasteiger partial charge is 0.507 e. The Morgan fingerprint density at radius 2 is 1.83 bits per heavy atom. The van der Waals surface area contributed by atoms with Crippen LogP contribution in [0.1, 0.15) is 66.1 Å².